The molecule has 0 spiro atoms. The van der Waals surface area contributed by atoms with Crippen LogP contribution in [0.4, 0.5) is 10.1 Å². The van der Waals surface area contributed by atoms with Crippen LogP contribution < -0.4 is 19.1 Å². The van der Waals surface area contributed by atoms with Gasteiger partial charge in [0.2, 0.25) is 10.0 Å². The molecule has 0 fully saturated rings. The Kier molecular flexibility index (Phi) is 7.89. The number of carbonyl (C=O) groups is 1. The normalized spacial score (nSPS) is 11.0. The van der Waals surface area contributed by atoms with Crippen molar-refractivity contribution in [2.45, 2.75) is 6.54 Å². The fourth-order valence-corrected chi connectivity index (χ4v) is 3.93. The number of carbonyl (C=O) groups excluding carboxylic acids is 1. The van der Waals surface area contributed by atoms with Gasteiger partial charge in [0.25, 0.3) is 5.91 Å². The molecule has 0 aliphatic rings. The summed E-state index contributed by atoms with van der Waals surface area (Å²) in [6, 6.07) is 19.0. The van der Waals surface area contributed by atoms with Crippen molar-refractivity contribution < 1.29 is 27.1 Å². The van der Waals surface area contributed by atoms with Gasteiger partial charge in [-0.25, -0.2) is 12.8 Å². The van der Waals surface area contributed by atoms with Crippen LogP contribution in [0.25, 0.3) is 0 Å². The Labute approximate surface area is 192 Å². The summed E-state index contributed by atoms with van der Waals surface area (Å²) in [4.78, 5) is 12.4. The predicted molar refractivity (Wildman–Crippen MR) is 125 cm³/mol. The van der Waals surface area contributed by atoms with Crippen molar-refractivity contribution in [3.63, 3.8) is 0 Å². The number of nitrogens with zero attached hydrogens (tertiary/aromatic N) is 1. The number of hydrogen-bond acceptors (Lipinski definition) is 5. The van der Waals surface area contributed by atoms with Gasteiger partial charge in [0, 0.05) is 5.56 Å². The monoisotopic (exact) mass is 472 g/mol. The third-order valence-electron chi connectivity index (χ3n) is 4.77. The second-order valence-electron chi connectivity index (χ2n) is 7.22. The Morgan fingerprint density at radius 1 is 0.939 bits per heavy atom. The second-order valence-corrected chi connectivity index (χ2v) is 9.13. The molecular formula is C24H25FN2O5S. The molecule has 33 heavy (non-hydrogen) atoms. The summed E-state index contributed by atoms with van der Waals surface area (Å²) >= 11 is 0. The molecule has 1 amide bonds. The second kappa shape index (κ2) is 10.8. The highest BCUT2D eigenvalue weighted by Gasteiger charge is 2.18. The van der Waals surface area contributed by atoms with Crippen molar-refractivity contribution in [1.29, 1.82) is 0 Å². The number of anilines is 1. The number of rotatable bonds is 10. The van der Waals surface area contributed by atoms with Gasteiger partial charge in [0.15, 0.2) is 0 Å². The fraction of sp³-hybridized carbons (Fsp3) is 0.208. The molecule has 3 rings (SSSR count). The molecule has 1 N–H and O–H groups in total. The Bertz CT molecular complexity index is 1160. The zero-order valence-corrected chi connectivity index (χ0v) is 19.1. The SMILES string of the molecule is COc1ccc(OCCNC(=O)c2ccc(N(Cc3ccc(F)cc3)S(C)(=O)=O)cc2)cc1. The number of hydrogen-bond donors (Lipinski definition) is 1. The third kappa shape index (κ3) is 6.95. The minimum Gasteiger partial charge on any atom is -0.497 e. The van der Waals surface area contributed by atoms with Gasteiger partial charge in [-0.1, -0.05) is 12.1 Å². The molecule has 0 aliphatic heterocycles. The van der Waals surface area contributed by atoms with Crippen LogP contribution in [-0.2, 0) is 16.6 Å². The first-order chi connectivity index (χ1) is 15.8. The first kappa shape index (κ1) is 24.1. The van der Waals surface area contributed by atoms with E-state index >= 15 is 0 Å². The zero-order chi connectivity index (χ0) is 23.8. The highest BCUT2D eigenvalue weighted by atomic mass is 32.2. The predicted octanol–water partition coefficient (Wildman–Crippen LogP) is 3.61. The van der Waals surface area contributed by atoms with Crippen molar-refractivity contribution in [3.05, 3.63) is 89.7 Å². The highest BCUT2D eigenvalue weighted by molar-refractivity contribution is 7.92. The minimum atomic E-state index is -3.59. The Morgan fingerprint density at radius 2 is 1.55 bits per heavy atom. The van der Waals surface area contributed by atoms with E-state index in [4.69, 9.17) is 9.47 Å². The number of amides is 1. The van der Waals surface area contributed by atoms with Gasteiger partial charge in [-0.2, -0.15) is 0 Å². The van der Waals surface area contributed by atoms with E-state index in [1.165, 1.54) is 28.6 Å². The molecule has 7 nitrogen and oxygen atoms in total. The summed E-state index contributed by atoms with van der Waals surface area (Å²) < 4.78 is 49.6. The smallest absolute Gasteiger partial charge is 0.251 e. The lowest BCUT2D eigenvalue weighted by Gasteiger charge is -2.22. The standard InChI is InChI=1S/C24H25FN2O5S/c1-31-22-11-13-23(14-12-22)32-16-15-26-24(28)19-5-9-21(10-6-19)27(33(2,29)30)17-18-3-7-20(25)8-4-18/h3-14H,15-17H2,1-2H3,(H,26,28). The summed E-state index contributed by atoms with van der Waals surface area (Å²) in [5.74, 6) is 0.696. The van der Waals surface area contributed by atoms with Crippen LogP contribution >= 0.6 is 0 Å². The van der Waals surface area contributed by atoms with Gasteiger partial charge in [-0.3, -0.25) is 9.10 Å². The zero-order valence-electron chi connectivity index (χ0n) is 18.3. The Hall–Kier alpha value is -3.59. The summed E-state index contributed by atoms with van der Waals surface area (Å²) in [6.07, 6.45) is 1.10. The maximum absolute atomic E-state index is 13.1. The van der Waals surface area contributed by atoms with E-state index in [-0.39, 0.29) is 19.1 Å². The molecule has 0 bridgehead atoms. The van der Waals surface area contributed by atoms with Crippen molar-refractivity contribution in [2.75, 3.05) is 30.8 Å². The summed E-state index contributed by atoms with van der Waals surface area (Å²) in [7, 11) is -2.01. The summed E-state index contributed by atoms with van der Waals surface area (Å²) in [5, 5.41) is 2.76. The lowest BCUT2D eigenvalue weighted by atomic mass is 10.1. The fourth-order valence-electron chi connectivity index (χ4n) is 3.04. The lowest BCUT2D eigenvalue weighted by molar-refractivity contribution is 0.0947. The van der Waals surface area contributed by atoms with Gasteiger partial charge >= 0.3 is 0 Å². The summed E-state index contributed by atoms with van der Waals surface area (Å²) in [5.41, 5.74) is 1.43. The first-order valence-corrected chi connectivity index (χ1v) is 12.0. The first-order valence-electron chi connectivity index (χ1n) is 10.1. The number of ether oxygens (including phenoxy) is 2. The minimum absolute atomic E-state index is 0.0490. The average molecular weight is 473 g/mol. The number of benzene rings is 3. The number of methoxy groups -OCH3 is 1. The van der Waals surface area contributed by atoms with E-state index in [2.05, 4.69) is 5.32 Å². The molecule has 0 aliphatic carbocycles. The molecule has 0 radical (unpaired) electrons. The van der Waals surface area contributed by atoms with Crippen LogP contribution in [0, 0.1) is 5.82 Å². The largest absolute Gasteiger partial charge is 0.497 e. The van der Waals surface area contributed by atoms with E-state index in [9.17, 15) is 17.6 Å². The molecule has 0 unspecified atom stereocenters. The van der Waals surface area contributed by atoms with Crippen LogP contribution in [0.5, 0.6) is 11.5 Å². The molecule has 9 heteroatoms. The van der Waals surface area contributed by atoms with Gasteiger partial charge in [-0.05, 0) is 66.2 Å². The Balaban J connectivity index is 1.57. The molecule has 0 aromatic heterocycles. The third-order valence-corrected chi connectivity index (χ3v) is 5.91. The van der Waals surface area contributed by atoms with Gasteiger partial charge < -0.3 is 14.8 Å². The van der Waals surface area contributed by atoms with Gasteiger partial charge in [0.05, 0.1) is 32.1 Å². The number of halogens is 1. The van der Waals surface area contributed by atoms with Crippen molar-refractivity contribution in [2.24, 2.45) is 0 Å². The van der Waals surface area contributed by atoms with Crippen LogP contribution in [-0.4, -0.2) is 40.8 Å². The molecule has 0 heterocycles. The van der Waals surface area contributed by atoms with Crippen molar-refractivity contribution >= 4 is 21.6 Å². The van der Waals surface area contributed by atoms with E-state index in [0.29, 0.717) is 29.1 Å². The molecule has 3 aromatic carbocycles. The number of sulfonamides is 1. The van der Waals surface area contributed by atoms with Crippen molar-refractivity contribution in [1.82, 2.24) is 5.32 Å². The molecule has 0 atom stereocenters. The number of nitrogens with one attached hydrogen (secondary N) is 1. The van der Waals surface area contributed by atoms with Crippen LogP contribution in [0.2, 0.25) is 0 Å². The van der Waals surface area contributed by atoms with Gasteiger partial charge in [-0.15, -0.1) is 0 Å². The molecule has 3 aromatic rings. The van der Waals surface area contributed by atoms with Crippen LogP contribution in [0.15, 0.2) is 72.8 Å². The quantitative estimate of drug-likeness (QED) is 0.456. The molecule has 0 saturated carbocycles. The summed E-state index contributed by atoms with van der Waals surface area (Å²) in [6.45, 7) is 0.635. The van der Waals surface area contributed by atoms with E-state index in [0.717, 1.165) is 12.0 Å². The maximum atomic E-state index is 13.1. The maximum Gasteiger partial charge on any atom is 0.251 e. The van der Waals surface area contributed by atoms with Gasteiger partial charge in [0.1, 0.15) is 23.9 Å². The van der Waals surface area contributed by atoms with E-state index in [1.807, 2.05) is 0 Å². The highest BCUT2D eigenvalue weighted by Crippen LogP contribution is 2.21. The van der Waals surface area contributed by atoms with Crippen LogP contribution in [0.3, 0.4) is 0 Å². The topological polar surface area (TPSA) is 84.9 Å². The molecule has 0 saturated heterocycles. The lowest BCUT2D eigenvalue weighted by Crippen LogP contribution is -2.30. The van der Waals surface area contributed by atoms with E-state index < -0.39 is 15.8 Å². The van der Waals surface area contributed by atoms with Crippen molar-refractivity contribution in [3.8, 4) is 11.5 Å². The average Bonchev–Trinajstić information content (AvgIpc) is 2.81. The molecule has 174 valence electrons. The van der Waals surface area contributed by atoms with Crippen LogP contribution in [0.1, 0.15) is 15.9 Å². The Morgan fingerprint density at radius 3 is 2.12 bits per heavy atom. The molecular weight excluding hydrogens is 447 g/mol. The van der Waals surface area contributed by atoms with E-state index in [1.54, 1.807) is 55.6 Å².